The van der Waals surface area contributed by atoms with Crippen LogP contribution in [-0.4, -0.2) is 6.54 Å². The fourth-order valence-electron chi connectivity index (χ4n) is 1.30. The van der Waals surface area contributed by atoms with Crippen molar-refractivity contribution in [2.24, 2.45) is 0 Å². The predicted molar refractivity (Wildman–Crippen MR) is 56.3 cm³/mol. The van der Waals surface area contributed by atoms with Crippen molar-refractivity contribution in [2.45, 2.75) is 25.8 Å². The Morgan fingerprint density at radius 1 is 1.58 bits per heavy atom. The SMILES string of the molecule is CCc1ccc([C@@H]2CCN2)s1.Cl. The Labute approximate surface area is 83.6 Å². The van der Waals surface area contributed by atoms with E-state index in [-0.39, 0.29) is 12.4 Å². The van der Waals surface area contributed by atoms with Crippen molar-refractivity contribution in [2.75, 3.05) is 6.54 Å². The van der Waals surface area contributed by atoms with Crippen LogP contribution in [-0.2, 0) is 6.42 Å². The lowest BCUT2D eigenvalue weighted by atomic mass is 10.1. The molecule has 1 nitrogen and oxygen atoms in total. The molecule has 1 N–H and O–H groups in total. The van der Waals surface area contributed by atoms with Gasteiger partial charge in [-0.1, -0.05) is 6.92 Å². The predicted octanol–water partition coefficient (Wildman–Crippen LogP) is 2.77. The molecule has 0 aliphatic carbocycles. The van der Waals surface area contributed by atoms with Crippen LogP contribution in [0, 0.1) is 0 Å². The van der Waals surface area contributed by atoms with Crippen LogP contribution in [0.4, 0.5) is 0 Å². The van der Waals surface area contributed by atoms with Crippen molar-refractivity contribution in [1.82, 2.24) is 5.32 Å². The largest absolute Gasteiger partial charge is 0.309 e. The average molecular weight is 204 g/mol. The molecule has 1 fully saturated rings. The van der Waals surface area contributed by atoms with E-state index in [1.165, 1.54) is 29.1 Å². The number of rotatable bonds is 2. The quantitative estimate of drug-likeness (QED) is 0.780. The fraction of sp³-hybridized carbons (Fsp3) is 0.556. The monoisotopic (exact) mass is 203 g/mol. The van der Waals surface area contributed by atoms with Crippen LogP contribution in [0.5, 0.6) is 0 Å². The van der Waals surface area contributed by atoms with Gasteiger partial charge in [-0.05, 0) is 31.5 Å². The van der Waals surface area contributed by atoms with Crippen molar-refractivity contribution >= 4 is 23.7 Å². The van der Waals surface area contributed by atoms with Crippen molar-refractivity contribution in [1.29, 1.82) is 0 Å². The number of hydrogen-bond acceptors (Lipinski definition) is 2. The maximum atomic E-state index is 3.41. The second-order valence-electron chi connectivity index (χ2n) is 2.95. The number of aryl methyl sites for hydroxylation is 1. The van der Waals surface area contributed by atoms with Gasteiger partial charge in [-0.15, -0.1) is 23.7 Å². The van der Waals surface area contributed by atoms with Crippen molar-refractivity contribution in [3.05, 3.63) is 21.9 Å². The highest BCUT2D eigenvalue weighted by atomic mass is 35.5. The number of hydrogen-bond donors (Lipinski definition) is 1. The normalized spacial score (nSPS) is 21.2. The summed E-state index contributed by atoms with van der Waals surface area (Å²) in [5, 5.41) is 3.41. The Morgan fingerprint density at radius 2 is 2.33 bits per heavy atom. The molecule has 0 spiro atoms. The van der Waals surface area contributed by atoms with Gasteiger partial charge in [0.2, 0.25) is 0 Å². The molecule has 1 aromatic heterocycles. The first kappa shape index (κ1) is 10.0. The van der Waals surface area contributed by atoms with Crippen LogP contribution in [0.1, 0.15) is 29.1 Å². The molecule has 0 radical (unpaired) electrons. The molecule has 0 bridgehead atoms. The highest BCUT2D eigenvalue weighted by molar-refractivity contribution is 7.12. The molecule has 1 aliphatic rings. The molecule has 0 amide bonds. The molecule has 68 valence electrons. The molecule has 2 rings (SSSR count). The van der Waals surface area contributed by atoms with Crippen LogP contribution < -0.4 is 5.32 Å². The van der Waals surface area contributed by atoms with Gasteiger partial charge in [-0.25, -0.2) is 0 Å². The number of thiophene rings is 1. The van der Waals surface area contributed by atoms with E-state index in [2.05, 4.69) is 24.4 Å². The molecular weight excluding hydrogens is 190 g/mol. The Bertz CT molecular complexity index is 242. The van der Waals surface area contributed by atoms with Crippen LogP contribution >= 0.6 is 23.7 Å². The summed E-state index contributed by atoms with van der Waals surface area (Å²) in [6, 6.07) is 5.20. The average Bonchev–Trinajstić information content (AvgIpc) is 2.32. The number of halogens is 1. The first-order valence-corrected chi connectivity index (χ1v) is 5.04. The third-order valence-corrected chi connectivity index (χ3v) is 3.54. The van der Waals surface area contributed by atoms with E-state index >= 15 is 0 Å². The molecular formula is C9H14ClNS. The Balaban J connectivity index is 0.000000720. The highest BCUT2D eigenvalue weighted by Crippen LogP contribution is 2.29. The lowest BCUT2D eigenvalue weighted by Crippen LogP contribution is -2.34. The Kier molecular flexibility index (Phi) is 3.56. The molecule has 1 aliphatic heterocycles. The first-order chi connectivity index (χ1) is 5.40. The van der Waals surface area contributed by atoms with Crippen molar-refractivity contribution in [3.8, 4) is 0 Å². The summed E-state index contributed by atoms with van der Waals surface area (Å²) < 4.78 is 0. The van der Waals surface area contributed by atoms with E-state index in [9.17, 15) is 0 Å². The lowest BCUT2D eigenvalue weighted by Gasteiger charge is -2.26. The Hall–Kier alpha value is -0.0500. The van der Waals surface area contributed by atoms with E-state index in [4.69, 9.17) is 0 Å². The molecule has 0 aromatic carbocycles. The molecule has 0 saturated carbocycles. The third-order valence-electron chi connectivity index (χ3n) is 2.20. The molecule has 3 heteroatoms. The third kappa shape index (κ3) is 1.82. The van der Waals surface area contributed by atoms with Gasteiger partial charge in [0.05, 0.1) is 0 Å². The van der Waals surface area contributed by atoms with Crippen molar-refractivity contribution in [3.63, 3.8) is 0 Å². The van der Waals surface area contributed by atoms with Gasteiger partial charge in [-0.2, -0.15) is 0 Å². The molecule has 2 heterocycles. The van der Waals surface area contributed by atoms with E-state index < -0.39 is 0 Å². The summed E-state index contributed by atoms with van der Waals surface area (Å²) in [7, 11) is 0. The summed E-state index contributed by atoms with van der Waals surface area (Å²) in [6.45, 7) is 3.41. The van der Waals surface area contributed by atoms with Gasteiger partial charge in [0.1, 0.15) is 0 Å². The lowest BCUT2D eigenvalue weighted by molar-refractivity contribution is 0.389. The maximum Gasteiger partial charge on any atom is 0.0427 e. The zero-order chi connectivity index (χ0) is 7.68. The van der Waals surface area contributed by atoms with Gasteiger partial charge in [-0.3, -0.25) is 0 Å². The number of nitrogens with one attached hydrogen (secondary N) is 1. The van der Waals surface area contributed by atoms with Gasteiger partial charge in [0.25, 0.3) is 0 Å². The molecule has 12 heavy (non-hydrogen) atoms. The first-order valence-electron chi connectivity index (χ1n) is 4.22. The van der Waals surface area contributed by atoms with E-state index in [0.717, 1.165) is 0 Å². The second-order valence-corrected chi connectivity index (χ2v) is 4.15. The van der Waals surface area contributed by atoms with E-state index in [0.29, 0.717) is 6.04 Å². The topological polar surface area (TPSA) is 12.0 Å². The summed E-state index contributed by atoms with van der Waals surface area (Å²) in [5.74, 6) is 0. The van der Waals surface area contributed by atoms with Crippen LogP contribution in [0.25, 0.3) is 0 Å². The molecule has 1 aromatic rings. The molecule has 0 unspecified atom stereocenters. The van der Waals surface area contributed by atoms with Crippen LogP contribution in [0.15, 0.2) is 12.1 Å². The van der Waals surface area contributed by atoms with Gasteiger partial charge >= 0.3 is 0 Å². The summed E-state index contributed by atoms with van der Waals surface area (Å²) >= 11 is 1.95. The van der Waals surface area contributed by atoms with Crippen LogP contribution in [0.3, 0.4) is 0 Å². The van der Waals surface area contributed by atoms with Gasteiger partial charge in [0.15, 0.2) is 0 Å². The van der Waals surface area contributed by atoms with Gasteiger partial charge < -0.3 is 5.32 Å². The maximum absolute atomic E-state index is 3.41. The summed E-state index contributed by atoms with van der Waals surface area (Å²) in [4.78, 5) is 3.03. The minimum Gasteiger partial charge on any atom is -0.309 e. The standard InChI is InChI=1S/C9H13NS.ClH/c1-2-7-3-4-9(11-7)8-5-6-10-8;/h3-4,8,10H,2,5-6H2,1H3;1H/t8-;/m0./s1. The van der Waals surface area contributed by atoms with E-state index in [1.54, 1.807) is 0 Å². The molecule has 1 saturated heterocycles. The zero-order valence-corrected chi connectivity index (χ0v) is 8.80. The Morgan fingerprint density at radius 3 is 2.75 bits per heavy atom. The minimum absolute atomic E-state index is 0. The summed E-state index contributed by atoms with van der Waals surface area (Å²) in [6.07, 6.45) is 2.50. The molecule has 1 atom stereocenters. The van der Waals surface area contributed by atoms with E-state index in [1.807, 2.05) is 11.3 Å². The minimum atomic E-state index is 0. The highest BCUT2D eigenvalue weighted by Gasteiger charge is 2.19. The van der Waals surface area contributed by atoms with Crippen molar-refractivity contribution < 1.29 is 0 Å². The zero-order valence-electron chi connectivity index (χ0n) is 7.17. The summed E-state index contributed by atoms with van der Waals surface area (Å²) in [5.41, 5.74) is 0. The smallest absolute Gasteiger partial charge is 0.0427 e. The second kappa shape index (κ2) is 4.26. The van der Waals surface area contributed by atoms with Crippen LogP contribution in [0.2, 0.25) is 0 Å². The fourth-order valence-corrected chi connectivity index (χ4v) is 2.37. The van der Waals surface area contributed by atoms with Gasteiger partial charge in [0, 0.05) is 15.8 Å².